The van der Waals surface area contributed by atoms with Gasteiger partial charge in [0.25, 0.3) is 5.91 Å². The van der Waals surface area contributed by atoms with Crippen molar-refractivity contribution in [1.29, 1.82) is 0 Å². The highest BCUT2D eigenvalue weighted by atomic mass is 19.2. The molecule has 1 aromatic heterocycles. The molecule has 0 saturated carbocycles. The molecule has 0 saturated heterocycles. The number of anilines is 1. The number of pyridine rings is 1. The highest BCUT2D eigenvalue weighted by Crippen LogP contribution is 2.13. The Labute approximate surface area is 148 Å². The Morgan fingerprint density at radius 3 is 2.15 bits per heavy atom. The first-order valence-electron chi connectivity index (χ1n) is 7.87. The maximum Gasteiger partial charge on any atom is 0.290 e. The number of halogens is 2. The molecule has 130 valence electrons. The fourth-order valence-electron chi connectivity index (χ4n) is 2.41. The average molecular weight is 353 g/mol. The third kappa shape index (κ3) is 4.16. The van der Waals surface area contributed by atoms with Crippen LogP contribution in [0.2, 0.25) is 0 Å². The second-order valence-corrected chi connectivity index (χ2v) is 5.63. The fraction of sp³-hybridized carbons (Fsp3) is 0.0500. The van der Waals surface area contributed by atoms with Crippen LogP contribution in [0.25, 0.3) is 0 Å². The molecule has 1 heterocycles. The van der Waals surface area contributed by atoms with Crippen molar-refractivity contribution in [1.82, 2.24) is 0 Å². The smallest absolute Gasteiger partial charge is 0.290 e. The Morgan fingerprint density at radius 1 is 0.846 bits per heavy atom. The topological polar surface area (TPSA) is 50.0 Å². The van der Waals surface area contributed by atoms with Crippen LogP contribution in [-0.4, -0.2) is 11.7 Å². The number of ketones is 1. The molecule has 0 atom stereocenters. The first-order chi connectivity index (χ1) is 12.5. The lowest BCUT2D eigenvalue weighted by molar-refractivity contribution is -0.684. The van der Waals surface area contributed by atoms with Crippen molar-refractivity contribution in [2.24, 2.45) is 0 Å². The van der Waals surface area contributed by atoms with Crippen LogP contribution in [0.1, 0.15) is 15.9 Å². The first kappa shape index (κ1) is 17.4. The number of rotatable bonds is 5. The minimum absolute atomic E-state index is 0.0290. The molecule has 0 aliphatic carbocycles. The molecule has 26 heavy (non-hydrogen) atoms. The second kappa shape index (κ2) is 7.65. The zero-order valence-electron chi connectivity index (χ0n) is 13.7. The molecule has 0 unspecified atom stereocenters. The van der Waals surface area contributed by atoms with E-state index in [2.05, 4.69) is 5.32 Å². The highest BCUT2D eigenvalue weighted by molar-refractivity contribution is 6.08. The van der Waals surface area contributed by atoms with Gasteiger partial charge in [0.15, 0.2) is 29.8 Å². The van der Waals surface area contributed by atoms with Gasteiger partial charge in [0.1, 0.15) is 0 Å². The quantitative estimate of drug-likeness (QED) is 0.566. The lowest BCUT2D eigenvalue weighted by Gasteiger charge is -2.04. The number of carbonyl (C=O) groups is 2. The summed E-state index contributed by atoms with van der Waals surface area (Å²) in [5.41, 5.74) is 1.26. The largest absolute Gasteiger partial charge is 0.320 e. The Hall–Kier alpha value is -3.41. The second-order valence-electron chi connectivity index (χ2n) is 5.63. The molecule has 1 N–H and O–H groups in total. The van der Waals surface area contributed by atoms with E-state index < -0.39 is 17.5 Å². The molecule has 6 heteroatoms. The van der Waals surface area contributed by atoms with Crippen molar-refractivity contribution in [2.45, 2.75) is 6.54 Å². The van der Waals surface area contributed by atoms with E-state index in [1.807, 2.05) is 6.07 Å². The zero-order chi connectivity index (χ0) is 18.5. The van der Waals surface area contributed by atoms with Crippen molar-refractivity contribution in [3.63, 3.8) is 0 Å². The Morgan fingerprint density at radius 2 is 1.50 bits per heavy atom. The van der Waals surface area contributed by atoms with Crippen LogP contribution in [0.4, 0.5) is 14.5 Å². The minimum Gasteiger partial charge on any atom is -0.320 e. The van der Waals surface area contributed by atoms with Gasteiger partial charge in [-0.15, -0.1) is 0 Å². The van der Waals surface area contributed by atoms with Crippen LogP contribution in [0.5, 0.6) is 0 Å². The molecule has 0 aliphatic heterocycles. The zero-order valence-corrected chi connectivity index (χ0v) is 13.7. The van der Waals surface area contributed by atoms with Gasteiger partial charge in [0.05, 0.1) is 0 Å². The van der Waals surface area contributed by atoms with Gasteiger partial charge in [-0.2, -0.15) is 4.57 Å². The summed E-state index contributed by atoms with van der Waals surface area (Å²) in [6.45, 7) is -0.0290. The van der Waals surface area contributed by atoms with E-state index >= 15 is 0 Å². The van der Waals surface area contributed by atoms with Gasteiger partial charge >= 0.3 is 0 Å². The maximum absolute atomic E-state index is 13.2. The predicted octanol–water partition coefficient (Wildman–Crippen LogP) is 3.12. The third-order valence-corrected chi connectivity index (χ3v) is 3.72. The van der Waals surface area contributed by atoms with E-state index in [1.165, 1.54) is 6.07 Å². The van der Waals surface area contributed by atoms with Crippen LogP contribution in [0.15, 0.2) is 73.1 Å². The van der Waals surface area contributed by atoms with Crippen LogP contribution in [-0.2, 0) is 11.3 Å². The predicted molar refractivity (Wildman–Crippen MR) is 91.5 cm³/mol. The monoisotopic (exact) mass is 353 g/mol. The summed E-state index contributed by atoms with van der Waals surface area (Å²) in [6.07, 6.45) is 3.22. The summed E-state index contributed by atoms with van der Waals surface area (Å²) in [7, 11) is 0. The van der Waals surface area contributed by atoms with Crippen molar-refractivity contribution in [3.05, 3.63) is 95.8 Å². The lowest BCUT2D eigenvalue weighted by atomic mass is 10.0. The third-order valence-electron chi connectivity index (χ3n) is 3.72. The number of nitrogens with one attached hydrogen (secondary N) is 1. The minimum atomic E-state index is -1.03. The molecule has 3 aromatic rings. The van der Waals surface area contributed by atoms with Gasteiger partial charge in [0, 0.05) is 35.0 Å². The molecule has 4 nitrogen and oxygen atoms in total. The molecule has 3 rings (SSSR count). The van der Waals surface area contributed by atoms with E-state index in [4.69, 9.17) is 0 Å². The van der Waals surface area contributed by atoms with Crippen LogP contribution < -0.4 is 9.88 Å². The SMILES string of the molecule is O=C(C[n+]1ccc(C(=O)c2ccccc2)cc1)Nc1ccc(F)c(F)c1. The molecular formula is C20H15F2N2O2+. The van der Waals surface area contributed by atoms with Crippen LogP contribution in [0.3, 0.4) is 0 Å². The van der Waals surface area contributed by atoms with E-state index in [0.29, 0.717) is 11.1 Å². The number of carbonyl (C=O) groups excluding carboxylic acids is 2. The molecule has 0 aliphatic rings. The molecule has 0 radical (unpaired) electrons. The van der Waals surface area contributed by atoms with Gasteiger partial charge in [-0.3, -0.25) is 9.59 Å². The van der Waals surface area contributed by atoms with E-state index in [0.717, 1.165) is 12.1 Å². The number of amides is 1. The first-order valence-corrected chi connectivity index (χ1v) is 7.87. The van der Waals surface area contributed by atoms with Gasteiger partial charge in [-0.25, -0.2) is 8.78 Å². The van der Waals surface area contributed by atoms with Crippen molar-refractivity contribution in [3.8, 4) is 0 Å². The van der Waals surface area contributed by atoms with Gasteiger partial charge < -0.3 is 5.32 Å². The molecular weight excluding hydrogens is 338 g/mol. The molecule has 0 bridgehead atoms. The maximum atomic E-state index is 13.2. The summed E-state index contributed by atoms with van der Waals surface area (Å²) in [5, 5.41) is 2.49. The van der Waals surface area contributed by atoms with Gasteiger partial charge in [-0.05, 0) is 12.1 Å². The fourth-order valence-corrected chi connectivity index (χ4v) is 2.41. The Balaban J connectivity index is 1.64. The molecule has 0 fully saturated rings. The molecule has 1 amide bonds. The number of benzene rings is 2. The summed E-state index contributed by atoms with van der Waals surface area (Å²) in [5.74, 6) is -2.51. The lowest BCUT2D eigenvalue weighted by Crippen LogP contribution is -2.39. The van der Waals surface area contributed by atoms with Crippen molar-refractivity contribution < 1.29 is 22.9 Å². The summed E-state index contributed by atoms with van der Waals surface area (Å²) < 4.78 is 27.6. The number of hydrogen-bond acceptors (Lipinski definition) is 2. The normalized spacial score (nSPS) is 10.4. The van der Waals surface area contributed by atoms with E-state index in [1.54, 1.807) is 53.4 Å². The summed E-state index contributed by atoms with van der Waals surface area (Å²) in [4.78, 5) is 24.3. The summed E-state index contributed by atoms with van der Waals surface area (Å²) >= 11 is 0. The number of hydrogen-bond donors (Lipinski definition) is 1. The van der Waals surface area contributed by atoms with Gasteiger partial charge in [0.2, 0.25) is 6.54 Å². The van der Waals surface area contributed by atoms with Crippen molar-refractivity contribution >= 4 is 17.4 Å². The van der Waals surface area contributed by atoms with Gasteiger partial charge in [-0.1, -0.05) is 30.3 Å². The Bertz CT molecular complexity index is 942. The number of nitrogens with zero attached hydrogens (tertiary/aromatic N) is 1. The standard InChI is InChI=1S/C20H14F2N2O2/c21-17-7-6-16(12-18(17)22)23-19(25)13-24-10-8-15(9-11-24)20(26)14-4-2-1-3-5-14/h1-12H,13H2/p+1. The van der Waals surface area contributed by atoms with Crippen LogP contribution >= 0.6 is 0 Å². The molecule has 0 spiro atoms. The van der Waals surface area contributed by atoms with E-state index in [-0.39, 0.29) is 18.0 Å². The Kier molecular flexibility index (Phi) is 5.12. The average Bonchev–Trinajstić information content (AvgIpc) is 2.65. The molecule has 2 aromatic carbocycles. The summed E-state index contributed by atoms with van der Waals surface area (Å²) in [6, 6.07) is 15.3. The van der Waals surface area contributed by atoms with Crippen LogP contribution in [0, 0.1) is 11.6 Å². The highest BCUT2D eigenvalue weighted by Gasteiger charge is 2.14. The van der Waals surface area contributed by atoms with Crippen molar-refractivity contribution in [2.75, 3.05) is 5.32 Å². The number of aromatic nitrogens is 1. The van der Waals surface area contributed by atoms with E-state index in [9.17, 15) is 18.4 Å².